The molecule has 0 bridgehead atoms. The van der Waals surface area contributed by atoms with E-state index in [-0.39, 0.29) is 11.7 Å². The average molecular weight is 328 g/mol. The van der Waals surface area contributed by atoms with Gasteiger partial charge in [-0.05, 0) is 49.4 Å². The lowest BCUT2D eigenvalue weighted by Gasteiger charge is -2.15. The molecule has 2 rings (SSSR count). The summed E-state index contributed by atoms with van der Waals surface area (Å²) < 4.78 is 18.3. The van der Waals surface area contributed by atoms with Crippen LogP contribution < -0.4 is 10.1 Å². The molecule has 3 nitrogen and oxygen atoms in total. The number of benzene rings is 2. The van der Waals surface area contributed by atoms with Crippen LogP contribution in [0.15, 0.2) is 42.5 Å². The van der Waals surface area contributed by atoms with Gasteiger partial charge >= 0.3 is 0 Å². The monoisotopic (exact) mass is 327 g/mol. The van der Waals surface area contributed by atoms with Gasteiger partial charge in [-0.2, -0.15) is 0 Å². The van der Waals surface area contributed by atoms with Crippen LogP contribution in [0, 0.1) is 5.82 Å². The highest BCUT2D eigenvalue weighted by Gasteiger charge is 2.16. The predicted octanol–water partition coefficient (Wildman–Crippen LogP) is 4.54. The summed E-state index contributed by atoms with van der Waals surface area (Å²) in [5.41, 5.74) is 0.485. The maximum absolute atomic E-state index is 12.8. The van der Waals surface area contributed by atoms with Crippen molar-refractivity contribution in [3.8, 4) is 5.75 Å². The van der Waals surface area contributed by atoms with Crippen molar-refractivity contribution in [2.24, 2.45) is 0 Å². The summed E-state index contributed by atoms with van der Waals surface area (Å²) in [4.78, 5) is 12.0. The molecule has 0 saturated heterocycles. The number of nitrogens with one attached hydrogen (secondary N) is 1. The molecule has 0 saturated carbocycles. The maximum Gasteiger partial charge on any atom is 0.265 e. The summed E-state index contributed by atoms with van der Waals surface area (Å²) in [6.45, 7) is 1.59. The second kappa shape index (κ2) is 6.78. The summed E-state index contributed by atoms with van der Waals surface area (Å²) in [6.07, 6.45) is -0.770. The van der Waals surface area contributed by atoms with Crippen molar-refractivity contribution in [3.63, 3.8) is 0 Å². The molecule has 1 amide bonds. The second-order valence-corrected chi connectivity index (χ2v) is 5.17. The number of hydrogen-bond donors (Lipinski definition) is 1. The zero-order chi connectivity index (χ0) is 15.4. The van der Waals surface area contributed by atoms with E-state index in [9.17, 15) is 9.18 Å². The van der Waals surface area contributed by atoms with Gasteiger partial charge in [0.2, 0.25) is 0 Å². The molecule has 1 N–H and O–H groups in total. The van der Waals surface area contributed by atoms with Crippen LogP contribution in [0.2, 0.25) is 10.0 Å². The highest BCUT2D eigenvalue weighted by Crippen LogP contribution is 2.28. The Balaban J connectivity index is 2.00. The average Bonchev–Trinajstić information content (AvgIpc) is 2.44. The van der Waals surface area contributed by atoms with Crippen LogP contribution in [0.4, 0.5) is 10.1 Å². The van der Waals surface area contributed by atoms with Crippen molar-refractivity contribution in [1.29, 1.82) is 0 Å². The Morgan fingerprint density at radius 1 is 1.19 bits per heavy atom. The molecule has 0 aliphatic heterocycles. The molecule has 6 heteroatoms. The number of carbonyl (C=O) groups excluding carboxylic acids is 1. The fourth-order valence-electron chi connectivity index (χ4n) is 1.59. The standard InChI is InChI=1S/C15H12Cl2FNO2/c1-9(21-14-7-2-10(16)8-13(14)17)15(20)19-12-5-3-11(18)4-6-12/h2-9H,1H3,(H,19,20)/t9-/m1/s1. The molecule has 2 aromatic carbocycles. The number of ether oxygens (including phenoxy) is 1. The van der Waals surface area contributed by atoms with Crippen LogP contribution in [-0.4, -0.2) is 12.0 Å². The highest BCUT2D eigenvalue weighted by atomic mass is 35.5. The van der Waals surface area contributed by atoms with Gasteiger partial charge in [0.25, 0.3) is 5.91 Å². The molecule has 0 aromatic heterocycles. The van der Waals surface area contributed by atoms with Crippen LogP contribution in [0.5, 0.6) is 5.75 Å². The first-order chi connectivity index (χ1) is 9.95. The van der Waals surface area contributed by atoms with Crippen molar-refractivity contribution >= 4 is 34.8 Å². The van der Waals surface area contributed by atoms with Gasteiger partial charge in [-0.15, -0.1) is 0 Å². The molecule has 0 fully saturated rings. The Labute approximate surface area is 131 Å². The number of anilines is 1. The summed E-state index contributed by atoms with van der Waals surface area (Å²) in [6, 6.07) is 10.2. The molecule has 0 aliphatic rings. The quantitative estimate of drug-likeness (QED) is 0.895. The van der Waals surface area contributed by atoms with Crippen LogP contribution in [0.25, 0.3) is 0 Å². The van der Waals surface area contributed by atoms with Crippen molar-refractivity contribution < 1.29 is 13.9 Å². The zero-order valence-corrected chi connectivity index (χ0v) is 12.6. The lowest BCUT2D eigenvalue weighted by molar-refractivity contribution is -0.122. The molecule has 0 spiro atoms. The largest absolute Gasteiger partial charge is 0.479 e. The minimum atomic E-state index is -0.770. The number of amides is 1. The third-order valence-electron chi connectivity index (χ3n) is 2.68. The molecule has 1 atom stereocenters. The Bertz CT molecular complexity index is 647. The molecular formula is C15H12Cl2FNO2. The predicted molar refractivity (Wildman–Crippen MR) is 81.6 cm³/mol. The fraction of sp³-hybridized carbons (Fsp3) is 0.133. The minimum absolute atomic E-state index is 0.323. The van der Waals surface area contributed by atoms with Crippen molar-refractivity contribution in [1.82, 2.24) is 0 Å². The van der Waals surface area contributed by atoms with E-state index in [0.717, 1.165) is 0 Å². The summed E-state index contributed by atoms with van der Waals surface area (Å²) in [5, 5.41) is 3.43. The summed E-state index contributed by atoms with van der Waals surface area (Å²) in [5.74, 6) is -0.374. The zero-order valence-electron chi connectivity index (χ0n) is 11.1. The van der Waals surface area contributed by atoms with Crippen LogP contribution >= 0.6 is 23.2 Å². The number of rotatable bonds is 4. The Kier molecular flexibility index (Phi) is 5.04. The van der Waals surface area contributed by atoms with Gasteiger partial charge in [-0.3, -0.25) is 4.79 Å². The first-order valence-electron chi connectivity index (χ1n) is 6.14. The van der Waals surface area contributed by atoms with Crippen molar-refractivity contribution in [2.75, 3.05) is 5.32 Å². The van der Waals surface area contributed by atoms with Crippen molar-refractivity contribution in [2.45, 2.75) is 13.0 Å². The van der Waals surface area contributed by atoms with E-state index >= 15 is 0 Å². The van der Waals surface area contributed by atoms with E-state index < -0.39 is 6.10 Å². The maximum atomic E-state index is 12.8. The first kappa shape index (κ1) is 15.6. The second-order valence-electron chi connectivity index (χ2n) is 4.33. The van der Waals surface area contributed by atoms with Crippen LogP contribution in [-0.2, 0) is 4.79 Å². The Morgan fingerprint density at radius 3 is 2.48 bits per heavy atom. The molecule has 21 heavy (non-hydrogen) atoms. The SMILES string of the molecule is C[C@@H](Oc1ccc(Cl)cc1Cl)C(=O)Nc1ccc(F)cc1. The molecule has 110 valence electrons. The van der Waals surface area contributed by atoms with E-state index in [4.69, 9.17) is 27.9 Å². The van der Waals surface area contributed by atoms with E-state index in [1.54, 1.807) is 19.1 Å². The Morgan fingerprint density at radius 2 is 1.86 bits per heavy atom. The minimum Gasteiger partial charge on any atom is -0.479 e. The molecule has 2 aromatic rings. The Hall–Kier alpha value is -1.78. The lowest BCUT2D eigenvalue weighted by atomic mass is 10.3. The van der Waals surface area contributed by atoms with Gasteiger partial charge in [0.1, 0.15) is 11.6 Å². The highest BCUT2D eigenvalue weighted by molar-refractivity contribution is 6.35. The summed E-state index contributed by atoms with van der Waals surface area (Å²) >= 11 is 11.8. The van der Waals surface area contributed by atoms with E-state index in [1.807, 2.05) is 0 Å². The third-order valence-corrected chi connectivity index (χ3v) is 3.21. The fourth-order valence-corrected chi connectivity index (χ4v) is 2.04. The van der Waals surface area contributed by atoms with Gasteiger partial charge in [-0.25, -0.2) is 4.39 Å². The van der Waals surface area contributed by atoms with Gasteiger partial charge in [0.05, 0.1) is 5.02 Å². The smallest absolute Gasteiger partial charge is 0.265 e. The van der Waals surface area contributed by atoms with Crippen molar-refractivity contribution in [3.05, 3.63) is 58.3 Å². The van der Waals surface area contributed by atoms with Gasteiger partial charge < -0.3 is 10.1 Å². The number of carbonyl (C=O) groups is 1. The molecule has 0 radical (unpaired) electrons. The molecular weight excluding hydrogens is 316 g/mol. The van der Waals surface area contributed by atoms with E-state index in [0.29, 0.717) is 21.5 Å². The van der Waals surface area contributed by atoms with Gasteiger partial charge in [0.15, 0.2) is 6.10 Å². The normalized spacial score (nSPS) is 11.8. The van der Waals surface area contributed by atoms with E-state index in [2.05, 4.69) is 5.32 Å². The van der Waals surface area contributed by atoms with Gasteiger partial charge in [-0.1, -0.05) is 23.2 Å². The summed E-state index contributed by atoms with van der Waals surface area (Å²) in [7, 11) is 0. The molecule has 0 aliphatic carbocycles. The van der Waals surface area contributed by atoms with Crippen LogP contribution in [0.3, 0.4) is 0 Å². The lowest BCUT2D eigenvalue weighted by Crippen LogP contribution is -2.30. The molecule has 0 unspecified atom stereocenters. The molecule has 0 heterocycles. The first-order valence-corrected chi connectivity index (χ1v) is 6.89. The number of halogens is 3. The van der Waals surface area contributed by atoms with Crippen LogP contribution in [0.1, 0.15) is 6.92 Å². The van der Waals surface area contributed by atoms with E-state index in [1.165, 1.54) is 30.3 Å². The van der Waals surface area contributed by atoms with Gasteiger partial charge in [0, 0.05) is 10.7 Å². The third kappa shape index (κ3) is 4.34. The topological polar surface area (TPSA) is 38.3 Å². The number of hydrogen-bond acceptors (Lipinski definition) is 2.